The number of primary amides is 1. The normalized spacial score (nSPS) is 14.4. The van der Waals surface area contributed by atoms with E-state index in [-0.39, 0.29) is 5.75 Å². The molecule has 120 valence electrons. The van der Waals surface area contributed by atoms with Crippen LogP contribution >= 0.6 is 0 Å². The number of amides is 2. The molecule has 0 spiro atoms. The van der Waals surface area contributed by atoms with E-state index in [2.05, 4.69) is 16.4 Å². The minimum atomic E-state index is -0.436. The van der Waals surface area contributed by atoms with Crippen molar-refractivity contribution in [1.82, 2.24) is 4.98 Å². The van der Waals surface area contributed by atoms with Crippen LogP contribution in [0.25, 0.3) is 0 Å². The van der Waals surface area contributed by atoms with Crippen molar-refractivity contribution < 1.29 is 9.90 Å². The van der Waals surface area contributed by atoms with Gasteiger partial charge in [-0.25, -0.2) is 4.79 Å². The third kappa shape index (κ3) is 3.44. The van der Waals surface area contributed by atoms with Crippen LogP contribution in [0, 0.1) is 0 Å². The Labute approximate surface area is 135 Å². The first-order chi connectivity index (χ1) is 11.1. The molecule has 23 heavy (non-hydrogen) atoms. The monoisotopic (exact) mass is 311 g/mol. The topological polar surface area (TPSA) is 88.2 Å². The number of hydrogen-bond acceptors (Lipinski definition) is 3. The van der Waals surface area contributed by atoms with Gasteiger partial charge in [0.25, 0.3) is 0 Å². The molecule has 1 aromatic carbocycles. The molecule has 5 heteroatoms. The van der Waals surface area contributed by atoms with Gasteiger partial charge >= 0.3 is 6.03 Å². The van der Waals surface area contributed by atoms with Crippen molar-refractivity contribution in [2.45, 2.75) is 38.5 Å². The number of anilines is 1. The van der Waals surface area contributed by atoms with Gasteiger partial charge in [0.05, 0.1) is 6.20 Å². The summed E-state index contributed by atoms with van der Waals surface area (Å²) in [4.78, 5) is 14.7. The van der Waals surface area contributed by atoms with Crippen molar-refractivity contribution in [3.63, 3.8) is 0 Å². The van der Waals surface area contributed by atoms with Crippen molar-refractivity contribution in [2.24, 2.45) is 5.73 Å². The van der Waals surface area contributed by atoms with Crippen LogP contribution in [0.5, 0.6) is 5.75 Å². The maximum Gasteiger partial charge on any atom is 0.316 e. The fourth-order valence-corrected chi connectivity index (χ4v) is 3.44. The number of urea groups is 1. The quantitative estimate of drug-likeness (QED) is 0.756. The van der Waals surface area contributed by atoms with Gasteiger partial charge in [0.2, 0.25) is 0 Å². The summed E-state index contributed by atoms with van der Waals surface area (Å²) in [5.74, 6) is 0.211. The molecule has 2 aliphatic carbocycles. The lowest BCUT2D eigenvalue weighted by Crippen LogP contribution is -2.21. The summed E-state index contributed by atoms with van der Waals surface area (Å²) in [5, 5.41) is 11.4. The lowest BCUT2D eigenvalue weighted by Gasteiger charge is -2.14. The van der Waals surface area contributed by atoms with Crippen molar-refractivity contribution in [1.29, 1.82) is 0 Å². The van der Waals surface area contributed by atoms with Crippen molar-refractivity contribution in [3.8, 4) is 5.75 Å². The number of nitrogens with zero attached hydrogens (tertiary/aromatic N) is 1. The maximum atomic E-state index is 11.1. The highest BCUT2D eigenvalue weighted by molar-refractivity contribution is 5.90. The van der Waals surface area contributed by atoms with Crippen molar-refractivity contribution in [2.75, 3.05) is 5.32 Å². The van der Waals surface area contributed by atoms with Gasteiger partial charge in [-0.1, -0.05) is 6.07 Å². The van der Waals surface area contributed by atoms with Crippen LogP contribution in [-0.2, 0) is 25.7 Å². The highest BCUT2D eigenvalue weighted by atomic mass is 16.3. The van der Waals surface area contributed by atoms with E-state index in [0.717, 1.165) is 31.4 Å². The molecule has 1 aromatic heterocycles. The summed E-state index contributed by atoms with van der Waals surface area (Å²) in [6.07, 6.45) is 9.86. The molecule has 0 atom stereocenters. The predicted molar refractivity (Wildman–Crippen MR) is 89.6 cm³/mol. The molecule has 4 N–H and O–H groups in total. The van der Waals surface area contributed by atoms with Gasteiger partial charge in [0.15, 0.2) is 0 Å². The number of pyridine rings is 1. The Kier molecular flexibility index (Phi) is 4.46. The first-order valence-electron chi connectivity index (χ1n) is 7.97. The Bertz CT molecular complexity index is 682. The van der Waals surface area contributed by atoms with Crippen LogP contribution < -0.4 is 11.1 Å². The summed E-state index contributed by atoms with van der Waals surface area (Å²) in [7, 11) is 0. The second-order valence-corrected chi connectivity index (χ2v) is 5.93. The minimum absolute atomic E-state index is 0.211. The zero-order valence-electron chi connectivity index (χ0n) is 13.0. The molecule has 0 bridgehead atoms. The molecule has 0 radical (unpaired) electrons. The summed E-state index contributed by atoms with van der Waals surface area (Å²) >= 11 is 0. The smallest absolute Gasteiger partial charge is 0.316 e. The Morgan fingerprint density at radius 1 is 1.13 bits per heavy atom. The van der Waals surface area contributed by atoms with Gasteiger partial charge < -0.3 is 16.2 Å². The SMILES string of the molecule is NC(=O)Nc1c2c(cc3c1CCC3)CCC2.Oc1cccnc1. The van der Waals surface area contributed by atoms with E-state index in [4.69, 9.17) is 10.8 Å². The number of carbonyl (C=O) groups excluding carboxylic acids is 1. The standard InChI is InChI=1S/C13H16N2O.C5H5NO/c14-13(16)15-12-10-5-1-3-8(10)7-9-4-2-6-11(9)12;7-5-2-1-3-6-4-5/h7H,1-6H2,(H3,14,15,16);1-4,7H. The number of aromatic nitrogens is 1. The molecule has 2 aliphatic rings. The van der Waals surface area contributed by atoms with E-state index in [1.807, 2.05) is 0 Å². The molecule has 0 unspecified atom stereocenters. The van der Waals surface area contributed by atoms with Crippen molar-refractivity contribution >= 4 is 11.7 Å². The van der Waals surface area contributed by atoms with Gasteiger partial charge in [0, 0.05) is 11.9 Å². The Morgan fingerprint density at radius 3 is 2.22 bits per heavy atom. The zero-order valence-corrected chi connectivity index (χ0v) is 13.0. The fourth-order valence-electron chi connectivity index (χ4n) is 3.44. The van der Waals surface area contributed by atoms with E-state index in [0.29, 0.717) is 0 Å². The van der Waals surface area contributed by atoms with E-state index < -0.39 is 6.03 Å². The number of rotatable bonds is 1. The molecule has 0 saturated heterocycles. The molecule has 2 aromatic rings. The van der Waals surface area contributed by atoms with E-state index in [1.165, 1.54) is 41.3 Å². The van der Waals surface area contributed by atoms with Gasteiger partial charge in [-0.3, -0.25) is 4.98 Å². The van der Waals surface area contributed by atoms with Crippen LogP contribution in [0.3, 0.4) is 0 Å². The van der Waals surface area contributed by atoms with E-state index in [1.54, 1.807) is 18.3 Å². The Morgan fingerprint density at radius 2 is 1.78 bits per heavy atom. The third-order valence-electron chi connectivity index (χ3n) is 4.37. The largest absolute Gasteiger partial charge is 0.506 e. The molecular formula is C18H21N3O2. The van der Waals surface area contributed by atoms with Gasteiger partial charge in [0.1, 0.15) is 5.75 Å². The molecule has 0 saturated carbocycles. The predicted octanol–water partition coefficient (Wildman–Crippen LogP) is 2.94. The van der Waals surface area contributed by atoms with Gasteiger partial charge in [-0.05, 0) is 72.9 Å². The van der Waals surface area contributed by atoms with E-state index in [9.17, 15) is 4.79 Å². The number of carbonyl (C=O) groups is 1. The third-order valence-corrected chi connectivity index (χ3v) is 4.37. The summed E-state index contributed by atoms with van der Waals surface area (Å²) in [6.45, 7) is 0. The first-order valence-corrected chi connectivity index (χ1v) is 7.97. The molecule has 2 amide bonds. The van der Waals surface area contributed by atoms with E-state index >= 15 is 0 Å². The molecule has 1 heterocycles. The number of fused-ring (bicyclic) bond motifs is 2. The van der Waals surface area contributed by atoms with Crippen LogP contribution in [0.2, 0.25) is 0 Å². The lowest BCUT2D eigenvalue weighted by atomic mass is 9.99. The lowest BCUT2D eigenvalue weighted by molar-refractivity contribution is 0.259. The van der Waals surface area contributed by atoms with Gasteiger partial charge in [-0.15, -0.1) is 0 Å². The van der Waals surface area contributed by atoms with Crippen molar-refractivity contribution in [3.05, 3.63) is 52.8 Å². The maximum absolute atomic E-state index is 11.1. The van der Waals surface area contributed by atoms with Gasteiger partial charge in [-0.2, -0.15) is 0 Å². The Balaban J connectivity index is 0.000000188. The molecule has 0 fully saturated rings. The van der Waals surface area contributed by atoms with Crippen LogP contribution in [0.15, 0.2) is 30.6 Å². The number of hydrogen-bond donors (Lipinski definition) is 3. The number of benzene rings is 1. The molecule has 0 aliphatic heterocycles. The van der Waals surface area contributed by atoms with Crippen LogP contribution in [0.1, 0.15) is 35.1 Å². The molecule has 5 nitrogen and oxygen atoms in total. The number of aromatic hydroxyl groups is 1. The second kappa shape index (κ2) is 6.69. The average molecular weight is 311 g/mol. The summed E-state index contributed by atoms with van der Waals surface area (Å²) < 4.78 is 0. The fraction of sp³-hybridized carbons (Fsp3) is 0.333. The Hall–Kier alpha value is -2.56. The highest BCUT2D eigenvalue weighted by Gasteiger charge is 2.24. The van der Waals surface area contributed by atoms with Crippen LogP contribution in [0.4, 0.5) is 10.5 Å². The molecule has 4 rings (SSSR count). The summed E-state index contributed by atoms with van der Waals surface area (Å²) in [5.41, 5.74) is 11.8. The number of nitrogens with two attached hydrogens (primary N) is 1. The second-order valence-electron chi connectivity index (χ2n) is 5.93. The number of nitrogens with one attached hydrogen (secondary N) is 1. The molecular weight excluding hydrogens is 290 g/mol. The highest BCUT2D eigenvalue weighted by Crippen LogP contribution is 2.38. The minimum Gasteiger partial charge on any atom is -0.506 e. The number of aryl methyl sites for hydroxylation is 2. The summed E-state index contributed by atoms with van der Waals surface area (Å²) in [6, 6.07) is 5.16. The zero-order chi connectivity index (χ0) is 16.2. The average Bonchev–Trinajstić information content (AvgIpc) is 3.16. The first kappa shape index (κ1) is 15.3. The van der Waals surface area contributed by atoms with Crippen LogP contribution in [-0.4, -0.2) is 16.1 Å².